The van der Waals surface area contributed by atoms with Gasteiger partial charge in [-0.2, -0.15) is 0 Å². The average Bonchev–Trinajstić information content (AvgIpc) is 2.79. The number of fused-ring (bicyclic) bond motifs is 1. The van der Waals surface area contributed by atoms with Crippen molar-refractivity contribution in [1.82, 2.24) is 4.90 Å². The molecule has 0 unspecified atom stereocenters. The Bertz CT molecular complexity index is 408. The van der Waals surface area contributed by atoms with E-state index in [0.29, 0.717) is 6.79 Å². The molecule has 0 aliphatic carbocycles. The molecule has 2 aliphatic rings. The van der Waals surface area contributed by atoms with E-state index in [9.17, 15) is 0 Å². The van der Waals surface area contributed by atoms with Gasteiger partial charge in [-0.1, -0.05) is 0 Å². The Hall–Kier alpha value is -0.140. The quantitative estimate of drug-likeness (QED) is 0.736. The average molecular weight is 379 g/mol. The molecular formula is C13H18INO2S. The van der Waals surface area contributed by atoms with E-state index in [1.807, 2.05) is 17.8 Å². The molecule has 0 atom stereocenters. The molecule has 1 aromatic rings. The first kappa shape index (κ1) is 14.3. The number of likely N-dealkylation sites (tertiary alicyclic amines) is 1. The van der Waals surface area contributed by atoms with Crippen LogP contribution in [0.1, 0.15) is 12.8 Å². The third-order valence-corrected chi connectivity index (χ3v) is 4.64. The van der Waals surface area contributed by atoms with Crippen LogP contribution < -0.4 is 9.47 Å². The minimum Gasteiger partial charge on any atom is -0.454 e. The number of halogens is 1. The smallest absolute Gasteiger partial charge is 0.231 e. The van der Waals surface area contributed by atoms with E-state index in [1.165, 1.54) is 30.8 Å². The number of ether oxygens (including phenoxy) is 2. The van der Waals surface area contributed by atoms with Crippen molar-refractivity contribution in [3.8, 4) is 11.5 Å². The van der Waals surface area contributed by atoms with E-state index < -0.39 is 0 Å². The van der Waals surface area contributed by atoms with Gasteiger partial charge in [0.25, 0.3) is 0 Å². The van der Waals surface area contributed by atoms with Crippen LogP contribution in [0.4, 0.5) is 0 Å². The number of nitrogens with zero attached hydrogens (tertiary/aromatic N) is 1. The monoisotopic (exact) mass is 379 g/mol. The standard InChI is InChI=1S/C13H17NO2S.HI/c1-14-6-4-10(5-7-14)17-11-2-3-12-13(8-11)16-9-15-12;/h2-3,8,10H,4-7,9H2,1H3;1H. The van der Waals surface area contributed by atoms with E-state index in [1.54, 1.807) is 0 Å². The Morgan fingerprint density at radius 3 is 2.67 bits per heavy atom. The van der Waals surface area contributed by atoms with Gasteiger partial charge in [0.15, 0.2) is 11.5 Å². The van der Waals surface area contributed by atoms with Gasteiger partial charge in [0.05, 0.1) is 0 Å². The van der Waals surface area contributed by atoms with Crippen molar-refractivity contribution in [3.63, 3.8) is 0 Å². The highest BCUT2D eigenvalue weighted by Gasteiger charge is 2.19. The summed E-state index contributed by atoms with van der Waals surface area (Å²) in [6.45, 7) is 2.78. The molecule has 1 aromatic carbocycles. The normalized spacial score (nSPS) is 19.6. The van der Waals surface area contributed by atoms with Gasteiger partial charge in [-0.3, -0.25) is 0 Å². The van der Waals surface area contributed by atoms with Crippen LogP contribution >= 0.6 is 35.7 Å². The van der Waals surface area contributed by atoms with E-state index in [0.717, 1.165) is 16.7 Å². The highest BCUT2D eigenvalue weighted by molar-refractivity contribution is 14.0. The minimum atomic E-state index is 0. The first-order chi connectivity index (χ1) is 8.31. The summed E-state index contributed by atoms with van der Waals surface area (Å²) < 4.78 is 10.7. The van der Waals surface area contributed by atoms with Crippen molar-refractivity contribution >= 4 is 35.7 Å². The summed E-state index contributed by atoms with van der Waals surface area (Å²) in [4.78, 5) is 3.69. The van der Waals surface area contributed by atoms with Crippen LogP contribution in [0.5, 0.6) is 11.5 Å². The van der Waals surface area contributed by atoms with Crippen molar-refractivity contribution in [2.45, 2.75) is 23.0 Å². The van der Waals surface area contributed by atoms with Gasteiger partial charge in [0, 0.05) is 10.1 Å². The Labute approximate surface area is 129 Å². The predicted octanol–water partition coefficient (Wildman–Crippen LogP) is 3.22. The lowest BCUT2D eigenvalue weighted by Gasteiger charge is -2.28. The van der Waals surface area contributed by atoms with Crippen molar-refractivity contribution in [2.75, 3.05) is 26.9 Å². The molecule has 0 amide bonds. The fourth-order valence-corrected chi connectivity index (χ4v) is 3.40. The summed E-state index contributed by atoms with van der Waals surface area (Å²) in [7, 11) is 2.20. The summed E-state index contributed by atoms with van der Waals surface area (Å²) >= 11 is 1.97. The lowest BCUT2D eigenvalue weighted by Crippen LogP contribution is -2.31. The van der Waals surface area contributed by atoms with E-state index in [-0.39, 0.29) is 24.0 Å². The van der Waals surface area contributed by atoms with Crippen LogP contribution in [0.15, 0.2) is 23.1 Å². The molecule has 0 N–H and O–H groups in total. The Morgan fingerprint density at radius 1 is 1.17 bits per heavy atom. The second kappa shape index (κ2) is 6.34. The van der Waals surface area contributed by atoms with Crippen molar-refractivity contribution in [2.24, 2.45) is 0 Å². The zero-order valence-corrected chi connectivity index (χ0v) is 13.6. The van der Waals surface area contributed by atoms with Gasteiger partial charge >= 0.3 is 0 Å². The van der Waals surface area contributed by atoms with Gasteiger partial charge in [0.2, 0.25) is 6.79 Å². The number of hydrogen-bond acceptors (Lipinski definition) is 4. The lowest BCUT2D eigenvalue weighted by atomic mass is 10.1. The topological polar surface area (TPSA) is 21.7 Å². The number of benzene rings is 1. The number of thioether (sulfide) groups is 1. The Balaban J connectivity index is 0.00000120. The lowest BCUT2D eigenvalue weighted by molar-refractivity contribution is 0.174. The summed E-state index contributed by atoms with van der Waals surface area (Å²) in [6.07, 6.45) is 2.55. The number of rotatable bonds is 2. The van der Waals surface area contributed by atoms with Crippen LogP contribution in [0.25, 0.3) is 0 Å². The largest absolute Gasteiger partial charge is 0.454 e. The molecule has 18 heavy (non-hydrogen) atoms. The molecule has 100 valence electrons. The predicted molar refractivity (Wildman–Crippen MR) is 84.4 cm³/mol. The Kier molecular flexibility index (Phi) is 5.03. The van der Waals surface area contributed by atoms with E-state index in [2.05, 4.69) is 24.1 Å². The van der Waals surface area contributed by atoms with Gasteiger partial charge in [0.1, 0.15) is 0 Å². The molecule has 0 spiro atoms. The zero-order valence-electron chi connectivity index (χ0n) is 10.4. The van der Waals surface area contributed by atoms with Crippen LogP contribution in [-0.4, -0.2) is 37.1 Å². The molecule has 2 heterocycles. The fourth-order valence-electron chi connectivity index (χ4n) is 2.25. The summed E-state index contributed by atoms with van der Waals surface area (Å²) in [6, 6.07) is 6.25. The molecule has 0 saturated carbocycles. The molecule has 0 aromatic heterocycles. The van der Waals surface area contributed by atoms with E-state index in [4.69, 9.17) is 9.47 Å². The third kappa shape index (κ3) is 3.24. The maximum absolute atomic E-state index is 5.40. The number of hydrogen-bond donors (Lipinski definition) is 0. The molecular weight excluding hydrogens is 361 g/mol. The SMILES string of the molecule is CN1CCC(Sc2ccc3c(c2)OCO3)CC1.I. The maximum Gasteiger partial charge on any atom is 0.231 e. The van der Waals surface area contributed by atoms with Crippen LogP contribution in [0.2, 0.25) is 0 Å². The minimum absolute atomic E-state index is 0. The molecule has 0 bridgehead atoms. The van der Waals surface area contributed by atoms with Crippen molar-refractivity contribution in [1.29, 1.82) is 0 Å². The van der Waals surface area contributed by atoms with Crippen molar-refractivity contribution in [3.05, 3.63) is 18.2 Å². The second-order valence-electron chi connectivity index (χ2n) is 4.64. The van der Waals surface area contributed by atoms with Crippen LogP contribution in [0, 0.1) is 0 Å². The molecule has 0 radical (unpaired) electrons. The maximum atomic E-state index is 5.40. The van der Waals surface area contributed by atoms with Crippen LogP contribution in [0.3, 0.4) is 0 Å². The second-order valence-corrected chi connectivity index (χ2v) is 6.01. The van der Waals surface area contributed by atoms with Gasteiger partial charge in [-0.25, -0.2) is 0 Å². The molecule has 2 aliphatic heterocycles. The summed E-state index contributed by atoms with van der Waals surface area (Å²) in [5.41, 5.74) is 0. The summed E-state index contributed by atoms with van der Waals surface area (Å²) in [5, 5.41) is 0.742. The van der Waals surface area contributed by atoms with Crippen molar-refractivity contribution < 1.29 is 9.47 Å². The fraction of sp³-hybridized carbons (Fsp3) is 0.538. The van der Waals surface area contributed by atoms with E-state index >= 15 is 0 Å². The third-order valence-electron chi connectivity index (χ3n) is 3.31. The number of piperidine rings is 1. The first-order valence-electron chi connectivity index (χ1n) is 6.06. The summed E-state index contributed by atoms with van der Waals surface area (Å²) in [5.74, 6) is 1.76. The van der Waals surface area contributed by atoms with Gasteiger partial charge in [-0.15, -0.1) is 35.7 Å². The molecule has 1 saturated heterocycles. The first-order valence-corrected chi connectivity index (χ1v) is 6.94. The molecule has 3 nitrogen and oxygen atoms in total. The molecule has 3 rings (SSSR count). The van der Waals surface area contributed by atoms with Gasteiger partial charge < -0.3 is 14.4 Å². The highest BCUT2D eigenvalue weighted by Crippen LogP contribution is 2.38. The highest BCUT2D eigenvalue weighted by atomic mass is 127. The van der Waals surface area contributed by atoms with Crippen LogP contribution in [-0.2, 0) is 0 Å². The molecule has 5 heteroatoms. The molecule has 1 fully saturated rings. The Morgan fingerprint density at radius 2 is 1.89 bits per heavy atom. The van der Waals surface area contributed by atoms with Gasteiger partial charge in [-0.05, 0) is 51.2 Å². The zero-order chi connectivity index (χ0) is 11.7.